The van der Waals surface area contributed by atoms with Crippen LogP contribution in [0, 0.1) is 5.82 Å². The molecule has 1 saturated heterocycles. The van der Waals surface area contributed by atoms with E-state index >= 15 is 0 Å². The normalized spacial score (nSPS) is 15.1. The third-order valence-corrected chi connectivity index (χ3v) is 5.17. The van der Waals surface area contributed by atoms with Crippen LogP contribution in [0.2, 0.25) is 0 Å². The van der Waals surface area contributed by atoms with Crippen LogP contribution in [0.25, 0.3) is 0 Å². The number of thiazole rings is 1. The van der Waals surface area contributed by atoms with Crippen molar-refractivity contribution in [1.29, 1.82) is 0 Å². The molecular weight excluding hydrogens is 367 g/mol. The first-order valence-corrected chi connectivity index (χ1v) is 9.97. The highest BCUT2D eigenvalue weighted by molar-refractivity contribution is 7.09. The monoisotopic (exact) mass is 390 g/mol. The van der Waals surface area contributed by atoms with E-state index in [2.05, 4.69) is 20.5 Å². The number of likely N-dealkylation sites (tertiary alicyclic amines) is 1. The summed E-state index contributed by atoms with van der Waals surface area (Å²) in [5.41, 5.74) is 0.450. The van der Waals surface area contributed by atoms with Crippen molar-refractivity contribution in [2.45, 2.75) is 32.2 Å². The fraction of sp³-hybridized carbons (Fsp3) is 0.421. The molecule has 0 atom stereocenters. The zero-order valence-electron chi connectivity index (χ0n) is 15.0. The van der Waals surface area contributed by atoms with Crippen LogP contribution < -0.4 is 10.6 Å². The highest BCUT2D eigenvalue weighted by Gasteiger charge is 2.15. The zero-order chi connectivity index (χ0) is 19.1. The van der Waals surface area contributed by atoms with E-state index in [0.29, 0.717) is 0 Å². The number of nitrogens with zero attached hydrogens (tertiary/aromatic N) is 2. The van der Waals surface area contributed by atoms with Gasteiger partial charge in [0.2, 0.25) is 5.91 Å². The van der Waals surface area contributed by atoms with Gasteiger partial charge in [0, 0.05) is 22.8 Å². The molecule has 0 saturated carbocycles. The Morgan fingerprint density at radius 2 is 1.93 bits per heavy atom. The van der Waals surface area contributed by atoms with Gasteiger partial charge in [-0.25, -0.2) is 9.37 Å². The topological polar surface area (TPSA) is 74.3 Å². The maximum atomic E-state index is 13.9. The molecule has 6 nitrogen and oxygen atoms in total. The minimum atomic E-state index is -0.568. The molecule has 0 bridgehead atoms. The summed E-state index contributed by atoms with van der Waals surface area (Å²) in [5, 5.41) is 8.00. The Morgan fingerprint density at radius 1 is 1.15 bits per heavy atom. The van der Waals surface area contributed by atoms with E-state index in [9.17, 15) is 14.0 Å². The van der Waals surface area contributed by atoms with Gasteiger partial charge in [0.15, 0.2) is 0 Å². The maximum absolute atomic E-state index is 13.9. The Hall–Kier alpha value is -2.32. The Bertz CT molecular complexity index is 774. The molecule has 0 radical (unpaired) electrons. The van der Waals surface area contributed by atoms with Crippen LogP contribution in [0.1, 0.15) is 41.0 Å². The third kappa shape index (κ3) is 6.11. The first kappa shape index (κ1) is 19.4. The van der Waals surface area contributed by atoms with Gasteiger partial charge in [-0.15, -0.1) is 11.3 Å². The molecule has 27 heavy (non-hydrogen) atoms. The van der Waals surface area contributed by atoms with Crippen LogP contribution in [0.15, 0.2) is 29.8 Å². The van der Waals surface area contributed by atoms with Gasteiger partial charge in [0.05, 0.1) is 13.1 Å². The van der Waals surface area contributed by atoms with Crippen LogP contribution in [0.5, 0.6) is 0 Å². The summed E-state index contributed by atoms with van der Waals surface area (Å²) in [6, 6.07) is 3.86. The highest BCUT2D eigenvalue weighted by Crippen LogP contribution is 2.15. The molecule has 0 spiro atoms. The minimum absolute atomic E-state index is 0.164. The lowest BCUT2D eigenvalue weighted by atomic mass is 10.1. The third-order valence-electron chi connectivity index (χ3n) is 4.39. The van der Waals surface area contributed by atoms with Crippen LogP contribution in [0.4, 0.5) is 10.1 Å². The van der Waals surface area contributed by atoms with Gasteiger partial charge in [-0.1, -0.05) is 12.8 Å². The average molecular weight is 390 g/mol. The molecular formula is C19H23FN4O2S. The van der Waals surface area contributed by atoms with Crippen molar-refractivity contribution in [3.8, 4) is 0 Å². The minimum Gasteiger partial charge on any atom is -0.346 e. The van der Waals surface area contributed by atoms with Gasteiger partial charge in [-0.2, -0.15) is 0 Å². The number of carbonyl (C=O) groups is 2. The molecule has 0 aliphatic carbocycles. The second kappa shape index (κ2) is 9.57. The van der Waals surface area contributed by atoms with E-state index in [1.54, 1.807) is 6.20 Å². The van der Waals surface area contributed by atoms with Gasteiger partial charge in [0.25, 0.3) is 5.91 Å². The molecule has 0 unspecified atom stereocenters. The standard InChI is InChI=1S/C19H23FN4O2S/c20-15-9-14(19(26)22-12-18-21-5-8-27-18)10-16(11-15)23-17(25)13-24-6-3-1-2-4-7-24/h5,8-11H,1-4,6-7,12-13H2,(H,22,26)(H,23,25). The predicted octanol–water partition coefficient (Wildman–Crippen LogP) is 3.03. The summed E-state index contributed by atoms with van der Waals surface area (Å²) in [6.45, 7) is 2.37. The zero-order valence-corrected chi connectivity index (χ0v) is 15.9. The van der Waals surface area contributed by atoms with Crippen molar-refractivity contribution >= 4 is 28.8 Å². The first-order valence-electron chi connectivity index (χ1n) is 9.09. The van der Waals surface area contributed by atoms with Crippen molar-refractivity contribution in [2.24, 2.45) is 0 Å². The van der Waals surface area contributed by atoms with Gasteiger partial charge in [-0.05, 0) is 44.1 Å². The van der Waals surface area contributed by atoms with Gasteiger partial charge in [0.1, 0.15) is 10.8 Å². The SMILES string of the molecule is O=C(CN1CCCCCC1)Nc1cc(F)cc(C(=O)NCc2nccs2)c1. The molecule has 1 aromatic heterocycles. The number of carbonyl (C=O) groups excluding carboxylic acids is 2. The van der Waals surface area contributed by atoms with E-state index < -0.39 is 11.7 Å². The van der Waals surface area contributed by atoms with Gasteiger partial charge < -0.3 is 10.6 Å². The number of nitrogens with one attached hydrogen (secondary N) is 2. The van der Waals surface area contributed by atoms with Crippen molar-refractivity contribution < 1.29 is 14.0 Å². The molecule has 1 aliphatic heterocycles. The summed E-state index contributed by atoms with van der Waals surface area (Å²) in [5.74, 6) is -1.17. The van der Waals surface area contributed by atoms with E-state index in [0.717, 1.165) is 37.0 Å². The van der Waals surface area contributed by atoms with E-state index in [1.165, 1.54) is 36.3 Å². The molecule has 8 heteroatoms. The number of anilines is 1. The quantitative estimate of drug-likeness (QED) is 0.795. The second-order valence-electron chi connectivity index (χ2n) is 6.58. The molecule has 144 valence electrons. The lowest BCUT2D eigenvalue weighted by molar-refractivity contribution is -0.117. The Labute approximate surface area is 161 Å². The largest absolute Gasteiger partial charge is 0.346 e. The summed E-state index contributed by atoms with van der Waals surface area (Å²) in [6.07, 6.45) is 6.24. The van der Waals surface area contributed by atoms with Gasteiger partial charge >= 0.3 is 0 Å². The number of halogens is 1. The Kier molecular flexibility index (Phi) is 6.89. The summed E-state index contributed by atoms with van der Waals surface area (Å²) in [4.78, 5) is 30.7. The number of hydrogen-bond acceptors (Lipinski definition) is 5. The van der Waals surface area contributed by atoms with E-state index in [1.807, 2.05) is 5.38 Å². The predicted molar refractivity (Wildman–Crippen MR) is 103 cm³/mol. The lowest BCUT2D eigenvalue weighted by Crippen LogP contribution is -2.34. The number of rotatable bonds is 6. The van der Waals surface area contributed by atoms with Crippen molar-refractivity contribution in [1.82, 2.24) is 15.2 Å². The lowest BCUT2D eigenvalue weighted by Gasteiger charge is -2.19. The van der Waals surface area contributed by atoms with Crippen LogP contribution in [-0.2, 0) is 11.3 Å². The number of hydrogen-bond donors (Lipinski definition) is 2. The summed E-state index contributed by atoms with van der Waals surface area (Å²) < 4.78 is 13.9. The Morgan fingerprint density at radius 3 is 2.63 bits per heavy atom. The fourth-order valence-corrected chi connectivity index (χ4v) is 3.65. The molecule has 1 aromatic carbocycles. The van der Waals surface area contributed by atoms with Crippen molar-refractivity contribution in [2.75, 3.05) is 25.0 Å². The van der Waals surface area contributed by atoms with Crippen molar-refractivity contribution in [3.63, 3.8) is 0 Å². The van der Waals surface area contributed by atoms with Crippen LogP contribution in [-0.4, -0.2) is 41.3 Å². The van der Waals surface area contributed by atoms with Crippen LogP contribution in [0.3, 0.4) is 0 Å². The maximum Gasteiger partial charge on any atom is 0.251 e. The molecule has 2 aromatic rings. The fourth-order valence-electron chi connectivity index (χ4n) is 3.09. The van der Waals surface area contributed by atoms with Crippen molar-refractivity contribution in [3.05, 3.63) is 46.2 Å². The number of aromatic nitrogens is 1. The van der Waals surface area contributed by atoms with E-state index in [4.69, 9.17) is 0 Å². The molecule has 1 fully saturated rings. The smallest absolute Gasteiger partial charge is 0.251 e. The highest BCUT2D eigenvalue weighted by atomic mass is 32.1. The molecule has 2 N–H and O–H groups in total. The van der Waals surface area contributed by atoms with Gasteiger partial charge in [-0.3, -0.25) is 14.5 Å². The molecule has 2 heterocycles. The Balaban J connectivity index is 1.58. The van der Waals surface area contributed by atoms with E-state index in [-0.39, 0.29) is 30.2 Å². The summed E-state index contributed by atoms with van der Waals surface area (Å²) >= 11 is 1.43. The number of benzene rings is 1. The summed E-state index contributed by atoms with van der Waals surface area (Å²) in [7, 11) is 0. The first-order chi connectivity index (χ1) is 13.1. The molecule has 3 rings (SSSR count). The van der Waals surface area contributed by atoms with Crippen LogP contribution >= 0.6 is 11.3 Å². The molecule has 2 amide bonds. The average Bonchev–Trinajstić information content (AvgIpc) is 3.03. The number of amides is 2. The second-order valence-corrected chi connectivity index (χ2v) is 7.55. The molecule has 1 aliphatic rings.